The number of amides is 1. The van der Waals surface area contributed by atoms with E-state index in [2.05, 4.69) is 5.32 Å². The molecule has 2 aromatic carbocycles. The summed E-state index contributed by atoms with van der Waals surface area (Å²) in [4.78, 5) is 12.5. The van der Waals surface area contributed by atoms with Gasteiger partial charge in [-0.1, -0.05) is 11.6 Å². The molecule has 1 heterocycles. The average Bonchev–Trinajstić information content (AvgIpc) is 2.75. The van der Waals surface area contributed by atoms with Gasteiger partial charge in [0.1, 0.15) is 16.5 Å². The van der Waals surface area contributed by atoms with Crippen LogP contribution in [0, 0.1) is 11.7 Å². The number of anilines is 1. The van der Waals surface area contributed by atoms with Crippen molar-refractivity contribution in [3.63, 3.8) is 0 Å². The molecule has 1 aliphatic rings. The summed E-state index contributed by atoms with van der Waals surface area (Å²) >= 11 is 5.97. The maximum atomic E-state index is 13.4. The lowest BCUT2D eigenvalue weighted by Gasteiger charge is -2.31. The molecule has 0 unspecified atom stereocenters. The predicted molar refractivity (Wildman–Crippen MR) is 114 cm³/mol. The Labute approximate surface area is 193 Å². The van der Waals surface area contributed by atoms with Crippen molar-refractivity contribution in [1.82, 2.24) is 4.31 Å². The van der Waals surface area contributed by atoms with E-state index in [1.165, 1.54) is 22.5 Å². The molecule has 3 rings (SSSR count). The molecule has 0 spiro atoms. The summed E-state index contributed by atoms with van der Waals surface area (Å²) < 4.78 is 84.9. The first-order chi connectivity index (χ1) is 15.4. The number of nitrogens with one attached hydrogen (secondary N) is 1. The minimum Gasteiger partial charge on any atom is -0.492 e. The highest BCUT2D eigenvalue weighted by Crippen LogP contribution is 2.34. The predicted octanol–water partition coefficient (Wildman–Crippen LogP) is 4.94. The molecule has 0 aliphatic carbocycles. The highest BCUT2D eigenvalue weighted by atomic mass is 35.5. The van der Waals surface area contributed by atoms with Crippen molar-refractivity contribution in [2.75, 3.05) is 25.0 Å². The fraction of sp³-hybridized carbons (Fsp3) is 0.381. The summed E-state index contributed by atoms with van der Waals surface area (Å²) in [5.41, 5.74) is -1.67. The third-order valence-corrected chi connectivity index (χ3v) is 7.34. The zero-order chi connectivity index (χ0) is 24.4. The highest BCUT2D eigenvalue weighted by Gasteiger charge is 2.36. The van der Waals surface area contributed by atoms with E-state index in [0.29, 0.717) is 12.1 Å². The topological polar surface area (TPSA) is 75.7 Å². The molecule has 12 heteroatoms. The van der Waals surface area contributed by atoms with Gasteiger partial charge in [0, 0.05) is 29.7 Å². The van der Waals surface area contributed by atoms with E-state index in [1.54, 1.807) is 6.92 Å². The van der Waals surface area contributed by atoms with Crippen LogP contribution < -0.4 is 10.1 Å². The van der Waals surface area contributed by atoms with Crippen LogP contribution in [0.1, 0.15) is 25.3 Å². The van der Waals surface area contributed by atoms with E-state index in [0.717, 1.165) is 6.07 Å². The van der Waals surface area contributed by atoms with Gasteiger partial charge in [-0.25, -0.2) is 12.8 Å². The van der Waals surface area contributed by atoms with Crippen LogP contribution >= 0.6 is 11.6 Å². The quantitative estimate of drug-likeness (QED) is 0.561. The van der Waals surface area contributed by atoms with E-state index >= 15 is 0 Å². The number of carbonyl (C=O) groups is 1. The van der Waals surface area contributed by atoms with Crippen LogP contribution in [0.25, 0.3) is 0 Å². The van der Waals surface area contributed by atoms with Gasteiger partial charge in [-0.3, -0.25) is 4.79 Å². The third-order valence-electron chi connectivity index (χ3n) is 5.19. The van der Waals surface area contributed by atoms with Gasteiger partial charge in [0.15, 0.2) is 0 Å². The molecular weight excluding hydrogens is 488 g/mol. The first-order valence-electron chi connectivity index (χ1n) is 10.0. The summed E-state index contributed by atoms with van der Waals surface area (Å²) in [6, 6.07) is 6.48. The Balaban J connectivity index is 1.69. The number of hydrogen-bond donors (Lipinski definition) is 1. The lowest BCUT2D eigenvalue weighted by molar-refractivity contribution is -0.140. The fourth-order valence-electron chi connectivity index (χ4n) is 3.52. The average molecular weight is 509 g/mol. The number of benzene rings is 2. The van der Waals surface area contributed by atoms with Gasteiger partial charge in [-0.2, -0.15) is 17.5 Å². The monoisotopic (exact) mass is 508 g/mol. The molecule has 1 saturated heterocycles. The van der Waals surface area contributed by atoms with E-state index in [1.807, 2.05) is 0 Å². The summed E-state index contributed by atoms with van der Waals surface area (Å²) in [5.74, 6) is -2.46. The number of alkyl halides is 3. The third kappa shape index (κ3) is 5.77. The second-order valence-corrected chi connectivity index (χ2v) is 9.73. The summed E-state index contributed by atoms with van der Waals surface area (Å²) in [6.45, 7) is 2.02. The Morgan fingerprint density at radius 3 is 2.45 bits per heavy atom. The molecule has 1 aliphatic heterocycles. The number of ether oxygens (including phenoxy) is 1. The Hall–Kier alpha value is -2.37. The molecule has 0 radical (unpaired) electrons. The summed E-state index contributed by atoms with van der Waals surface area (Å²) in [6.07, 6.45) is -4.59. The molecule has 33 heavy (non-hydrogen) atoms. The normalized spacial score (nSPS) is 15.9. The minimum absolute atomic E-state index is 0.0235. The van der Waals surface area contributed by atoms with E-state index in [-0.39, 0.29) is 53.9 Å². The van der Waals surface area contributed by atoms with Crippen LogP contribution in [0.5, 0.6) is 5.75 Å². The molecule has 0 aromatic heterocycles. The van der Waals surface area contributed by atoms with Crippen molar-refractivity contribution < 1.29 is 35.5 Å². The Morgan fingerprint density at radius 2 is 1.85 bits per heavy atom. The van der Waals surface area contributed by atoms with Gasteiger partial charge in [-0.05, 0) is 56.2 Å². The lowest BCUT2D eigenvalue weighted by Crippen LogP contribution is -2.41. The number of rotatable bonds is 6. The van der Waals surface area contributed by atoms with Crippen LogP contribution in [0.2, 0.25) is 5.02 Å². The molecule has 0 atom stereocenters. The Morgan fingerprint density at radius 1 is 1.18 bits per heavy atom. The molecule has 180 valence electrons. The zero-order valence-corrected chi connectivity index (χ0v) is 19.0. The molecule has 1 N–H and O–H groups in total. The van der Waals surface area contributed by atoms with Gasteiger partial charge in [0.2, 0.25) is 15.9 Å². The number of hydrogen-bond acceptors (Lipinski definition) is 4. The number of sulfonamides is 1. The smallest absolute Gasteiger partial charge is 0.419 e. The van der Waals surface area contributed by atoms with Crippen LogP contribution in [0.3, 0.4) is 0 Å². The molecule has 2 aromatic rings. The highest BCUT2D eigenvalue weighted by molar-refractivity contribution is 7.89. The minimum atomic E-state index is -4.90. The van der Waals surface area contributed by atoms with E-state index in [4.69, 9.17) is 16.3 Å². The van der Waals surface area contributed by atoms with Gasteiger partial charge in [-0.15, -0.1) is 0 Å². The molecular formula is C21H21ClF4N2O4S. The van der Waals surface area contributed by atoms with Crippen molar-refractivity contribution in [2.45, 2.75) is 30.8 Å². The van der Waals surface area contributed by atoms with Gasteiger partial charge in [0.05, 0.1) is 12.2 Å². The number of carbonyl (C=O) groups excluding carboxylic acids is 1. The molecule has 1 fully saturated rings. The maximum Gasteiger partial charge on any atom is 0.419 e. The first-order valence-corrected chi connectivity index (χ1v) is 11.9. The van der Waals surface area contributed by atoms with Crippen molar-refractivity contribution in [1.29, 1.82) is 0 Å². The van der Waals surface area contributed by atoms with Gasteiger partial charge >= 0.3 is 6.18 Å². The molecule has 6 nitrogen and oxygen atoms in total. The molecule has 0 saturated carbocycles. The van der Waals surface area contributed by atoms with Crippen molar-refractivity contribution in [3.05, 3.63) is 52.8 Å². The Bertz CT molecular complexity index is 1130. The van der Waals surface area contributed by atoms with Crippen molar-refractivity contribution in [2.24, 2.45) is 5.92 Å². The fourth-order valence-corrected chi connectivity index (χ4v) is 5.38. The zero-order valence-electron chi connectivity index (χ0n) is 17.5. The van der Waals surface area contributed by atoms with E-state index < -0.39 is 39.4 Å². The SMILES string of the molecule is CCOc1ccc(Cl)cc1S(=O)(=O)N1CCC(C(=O)Nc2ccc(F)c(C(F)(F)F)c2)CC1. The summed E-state index contributed by atoms with van der Waals surface area (Å²) in [5, 5.41) is 2.58. The number of piperidine rings is 1. The number of halogens is 5. The van der Waals surface area contributed by atoms with Gasteiger partial charge < -0.3 is 10.1 Å². The van der Waals surface area contributed by atoms with Crippen LogP contribution in [-0.2, 0) is 21.0 Å². The van der Waals surface area contributed by atoms with Crippen molar-refractivity contribution >= 4 is 33.2 Å². The largest absolute Gasteiger partial charge is 0.492 e. The Kier molecular flexibility index (Phi) is 7.55. The first kappa shape index (κ1) is 25.3. The van der Waals surface area contributed by atoms with Crippen LogP contribution in [0.4, 0.5) is 23.2 Å². The second kappa shape index (κ2) is 9.86. The number of nitrogens with zero attached hydrogens (tertiary/aromatic N) is 1. The van der Waals surface area contributed by atoms with Gasteiger partial charge in [0.25, 0.3) is 0 Å². The van der Waals surface area contributed by atoms with Crippen LogP contribution in [-0.4, -0.2) is 38.3 Å². The molecule has 0 bridgehead atoms. The summed E-state index contributed by atoms with van der Waals surface area (Å²) in [7, 11) is -3.95. The maximum absolute atomic E-state index is 13.4. The van der Waals surface area contributed by atoms with Crippen molar-refractivity contribution in [3.8, 4) is 5.75 Å². The van der Waals surface area contributed by atoms with Crippen LogP contribution in [0.15, 0.2) is 41.3 Å². The lowest BCUT2D eigenvalue weighted by atomic mass is 9.97. The van der Waals surface area contributed by atoms with E-state index in [9.17, 15) is 30.8 Å². The molecule has 1 amide bonds. The standard InChI is InChI=1S/C21H21ClF4N2O4S/c1-2-32-18-6-3-14(22)11-19(18)33(30,31)28-9-7-13(8-10-28)20(29)27-15-4-5-17(23)16(12-15)21(24,25)26/h3-6,11-13H,2,7-10H2,1H3,(H,27,29). The second-order valence-electron chi connectivity index (χ2n) is 7.38.